The lowest BCUT2D eigenvalue weighted by Gasteiger charge is -2.18. The van der Waals surface area contributed by atoms with E-state index in [1.807, 2.05) is 117 Å². The molecule has 0 aliphatic carbocycles. The Morgan fingerprint density at radius 3 is 1.74 bits per heavy atom. The zero-order chi connectivity index (χ0) is 23.8. The van der Waals surface area contributed by atoms with E-state index < -0.39 is 0 Å². The fourth-order valence-corrected chi connectivity index (χ4v) is 3.64. The number of para-hydroxylation sites is 3. The fraction of sp³-hybridized carbons (Fsp3) is 0.0645. The summed E-state index contributed by atoms with van der Waals surface area (Å²) in [6.07, 6.45) is 7.87. The van der Waals surface area contributed by atoms with Crippen molar-refractivity contribution in [2.45, 2.75) is 13.8 Å². The van der Waals surface area contributed by atoms with Gasteiger partial charge in [-0.25, -0.2) is 0 Å². The molecule has 0 aromatic heterocycles. The second-order valence-corrected chi connectivity index (χ2v) is 7.61. The van der Waals surface area contributed by atoms with Crippen LogP contribution < -0.4 is 9.47 Å². The molecule has 0 saturated carbocycles. The van der Waals surface area contributed by atoms with Crippen LogP contribution in [0, 0.1) is 0 Å². The van der Waals surface area contributed by atoms with Gasteiger partial charge in [0.15, 0.2) is 17.3 Å². The Hall–Kier alpha value is -4.37. The van der Waals surface area contributed by atoms with Crippen molar-refractivity contribution >= 4 is 17.9 Å². The van der Waals surface area contributed by atoms with Crippen molar-refractivity contribution in [3.8, 4) is 23.0 Å². The Kier molecular flexibility index (Phi) is 7.36. The molecular formula is C31H26O3. The second-order valence-electron chi connectivity index (χ2n) is 7.61. The summed E-state index contributed by atoms with van der Waals surface area (Å²) in [6.45, 7) is 3.92. The minimum Gasteiger partial charge on any atom is -0.453 e. The van der Waals surface area contributed by atoms with Gasteiger partial charge < -0.3 is 9.47 Å². The predicted octanol–water partition coefficient (Wildman–Crippen LogP) is 8.57. The molecule has 0 atom stereocenters. The van der Waals surface area contributed by atoms with E-state index in [2.05, 4.69) is 0 Å². The maximum absolute atomic E-state index is 13.5. The quantitative estimate of drug-likeness (QED) is 0.254. The number of benzene rings is 4. The van der Waals surface area contributed by atoms with Crippen LogP contribution in [0.15, 0.2) is 109 Å². The third-order valence-corrected chi connectivity index (χ3v) is 5.22. The van der Waals surface area contributed by atoms with Gasteiger partial charge in [0.25, 0.3) is 0 Å². The van der Waals surface area contributed by atoms with Gasteiger partial charge >= 0.3 is 0 Å². The minimum absolute atomic E-state index is 0.133. The monoisotopic (exact) mass is 446 g/mol. The van der Waals surface area contributed by atoms with Gasteiger partial charge in [-0.05, 0) is 38.1 Å². The molecular weight excluding hydrogens is 420 g/mol. The number of ether oxygens (including phenoxy) is 2. The summed E-state index contributed by atoms with van der Waals surface area (Å²) in [4.78, 5) is 13.5. The van der Waals surface area contributed by atoms with Crippen molar-refractivity contribution in [1.82, 2.24) is 0 Å². The van der Waals surface area contributed by atoms with E-state index in [0.29, 0.717) is 34.1 Å². The van der Waals surface area contributed by atoms with E-state index in [4.69, 9.17) is 9.47 Å². The zero-order valence-corrected chi connectivity index (χ0v) is 19.3. The number of hydrogen-bond donors (Lipinski definition) is 0. The first-order valence-corrected chi connectivity index (χ1v) is 11.2. The van der Waals surface area contributed by atoms with E-state index in [1.165, 1.54) is 0 Å². The van der Waals surface area contributed by atoms with E-state index in [9.17, 15) is 4.79 Å². The highest BCUT2D eigenvalue weighted by Gasteiger charge is 2.21. The van der Waals surface area contributed by atoms with E-state index in [-0.39, 0.29) is 5.78 Å². The van der Waals surface area contributed by atoms with E-state index in [1.54, 1.807) is 18.2 Å². The standard InChI is InChI=1S/C31H26O3/c1-3-13-23-15-8-10-20-27(23)33-29-22-12-19-26(30(32)25-17-6-5-7-18-25)31(29)34-28-21-11-9-16-24(28)14-4-2/h3-22H,1-2H3. The second kappa shape index (κ2) is 11.0. The Labute approximate surface area is 200 Å². The Morgan fingerprint density at radius 1 is 0.588 bits per heavy atom. The lowest BCUT2D eigenvalue weighted by atomic mass is 10.0. The van der Waals surface area contributed by atoms with Gasteiger partial charge in [0.05, 0.1) is 5.56 Å². The van der Waals surface area contributed by atoms with Crippen LogP contribution in [0.4, 0.5) is 0 Å². The van der Waals surface area contributed by atoms with Crippen molar-refractivity contribution in [2.24, 2.45) is 0 Å². The van der Waals surface area contributed by atoms with Crippen LogP contribution in [0.1, 0.15) is 40.9 Å². The molecule has 0 N–H and O–H groups in total. The lowest BCUT2D eigenvalue weighted by molar-refractivity contribution is 0.103. The Morgan fingerprint density at radius 2 is 1.12 bits per heavy atom. The molecule has 4 aromatic carbocycles. The fourth-order valence-electron chi connectivity index (χ4n) is 3.64. The van der Waals surface area contributed by atoms with Crippen LogP contribution in [-0.4, -0.2) is 5.78 Å². The van der Waals surface area contributed by atoms with Crippen molar-refractivity contribution in [1.29, 1.82) is 0 Å². The van der Waals surface area contributed by atoms with Gasteiger partial charge in [0.2, 0.25) is 0 Å². The first-order chi connectivity index (χ1) is 16.7. The summed E-state index contributed by atoms with van der Waals surface area (Å²) in [5, 5.41) is 0. The molecule has 0 radical (unpaired) electrons. The molecule has 0 saturated heterocycles. The van der Waals surface area contributed by atoms with Gasteiger partial charge in [-0.15, -0.1) is 0 Å². The minimum atomic E-state index is -0.133. The summed E-state index contributed by atoms with van der Waals surface area (Å²) >= 11 is 0. The number of carbonyl (C=O) groups is 1. The molecule has 3 heteroatoms. The molecule has 0 fully saturated rings. The van der Waals surface area contributed by atoms with Gasteiger partial charge in [-0.3, -0.25) is 4.79 Å². The van der Waals surface area contributed by atoms with Crippen LogP contribution in [0.2, 0.25) is 0 Å². The maximum atomic E-state index is 13.5. The maximum Gasteiger partial charge on any atom is 0.196 e. The third-order valence-electron chi connectivity index (χ3n) is 5.22. The Balaban J connectivity index is 1.85. The van der Waals surface area contributed by atoms with Gasteiger partial charge in [0, 0.05) is 16.7 Å². The normalized spacial score (nSPS) is 11.1. The van der Waals surface area contributed by atoms with Crippen molar-refractivity contribution < 1.29 is 14.3 Å². The van der Waals surface area contributed by atoms with Crippen molar-refractivity contribution in [3.05, 3.63) is 131 Å². The highest BCUT2D eigenvalue weighted by Crippen LogP contribution is 2.40. The number of ketones is 1. The summed E-state index contributed by atoms with van der Waals surface area (Å²) in [7, 11) is 0. The molecule has 0 spiro atoms. The van der Waals surface area contributed by atoms with Gasteiger partial charge in [-0.2, -0.15) is 0 Å². The predicted molar refractivity (Wildman–Crippen MR) is 139 cm³/mol. The molecule has 0 bridgehead atoms. The topological polar surface area (TPSA) is 35.5 Å². The number of carbonyl (C=O) groups excluding carboxylic acids is 1. The van der Waals surface area contributed by atoms with Crippen LogP contribution in [0.5, 0.6) is 23.0 Å². The zero-order valence-electron chi connectivity index (χ0n) is 19.3. The molecule has 0 heterocycles. The molecule has 168 valence electrons. The highest BCUT2D eigenvalue weighted by atomic mass is 16.5. The first kappa shape index (κ1) is 22.8. The van der Waals surface area contributed by atoms with Gasteiger partial charge in [-0.1, -0.05) is 97.1 Å². The molecule has 34 heavy (non-hydrogen) atoms. The largest absolute Gasteiger partial charge is 0.453 e. The number of rotatable bonds is 8. The highest BCUT2D eigenvalue weighted by molar-refractivity contribution is 6.11. The Bertz CT molecular complexity index is 1330. The summed E-state index contributed by atoms with van der Waals surface area (Å²) in [6, 6.07) is 30.1. The SMILES string of the molecule is CC=Cc1ccccc1Oc1cccc(C(=O)c2ccccc2)c1Oc1ccccc1C=CC. The number of allylic oxidation sites excluding steroid dienone is 2. The molecule has 4 aromatic rings. The summed E-state index contributed by atoms with van der Waals surface area (Å²) in [5.74, 6) is 2.03. The first-order valence-electron chi connectivity index (χ1n) is 11.2. The van der Waals surface area contributed by atoms with Crippen molar-refractivity contribution in [3.63, 3.8) is 0 Å². The summed E-state index contributed by atoms with van der Waals surface area (Å²) < 4.78 is 12.8. The average Bonchev–Trinajstić information content (AvgIpc) is 2.88. The van der Waals surface area contributed by atoms with Gasteiger partial charge in [0.1, 0.15) is 11.5 Å². The van der Waals surface area contributed by atoms with Crippen LogP contribution in [0.25, 0.3) is 12.2 Å². The lowest BCUT2D eigenvalue weighted by Crippen LogP contribution is -2.05. The van der Waals surface area contributed by atoms with Crippen LogP contribution >= 0.6 is 0 Å². The molecule has 4 rings (SSSR count). The van der Waals surface area contributed by atoms with Crippen LogP contribution in [-0.2, 0) is 0 Å². The smallest absolute Gasteiger partial charge is 0.196 e. The van der Waals surface area contributed by atoms with Crippen LogP contribution in [0.3, 0.4) is 0 Å². The number of hydrogen-bond acceptors (Lipinski definition) is 3. The van der Waals surface area contributed by atoms with Crippen molar-refractivity contribution in [2.75, 3.05) is 0 Å². The van der Waals surface area contributed by atoms with E-state index >= 15 is 0 Å². The third kappa shape index (κ3) is 5.16. The molecule has 0 aliphatic heterocycles. The molecule has 0 unspecified atom stereocenters. The average molecular weight is 447 g/mol. The molecule has 3 nitrogen and oxygen atoms in total. The molecule has 0 amide bonds. The molecule has 0 aliphatic rings. The van der Waals surface area contributed by atoms with E-state index in [0.717, 1.165) is 11.1 Å². The summed E-state index contributed by atoms with van der Waals surface area (Å²) in [5.41, 5.74) is 2.86.